The summed E-state index contributed by atoms with van der Waals surface area (Å²) in [5.74, 6) is 0.0273. The fraction of sp³-hybridized carbons (Fsp3) is 0.316. The van der Waals surface area contributed by atoms with Crippen LogP contribution in [0, 0.1) is 0 Å². The van der Waals surface area contributed by atoms with Crippen molar-refractivity contribution in [1.29, 1.82) is 0 Å². The minimum Gasteiger partial charge on any atom is -0.368 e. The molecule has 0 aliphatic carbocycles. The lowest BCUT2D eigenvalue weighted by atomic mass is 10.1. The largest absolute Gasteiger partial charge is 0.368 e. The number of piperazine rings is 1. The predicted octanol–water partition coefficient (Wildman–Crippen LogP) is 3.38. The molecule has 1 atom stereocenters. The lowest BCUT2D eigenvalue weighted by Gasteiger charge is -2.37. The quantitative estimate of drug-likeness (QED) is 0.852. The third-order valence-corrected chi connectivity index (χ3v) is 4.60. The van der Waals surface area contributed by atoms with Crippen LogP contribution in [0.4, 0.5) is 5.69 Å². The number of carbonyl (C=O) groups is 1. The van der Waals surface area contributed by atoms with Gasteiger partial charge in [-0.05, 0) is 29.8 Å². The second kappa shape index (κ2) is 7.69. The summed E-state index contributed by atoms with van der Waals surface area (Å²) in [6.45, 7) is 2.99. The topological polar surface area (TPSA) is 32.8 Å². The Morgan fingerprint density at radius 2 is 1.62 bits per heavy atom. The Morgan fingerprint density at radius 3 is 2.21 bits per heavy atom. The molecule has 0 saturated carbocycles. The van der Waals surface area contributed by atoms with E-state index < -0.39 is 6.10 Å². The van der Waals surface area contributed by atoms with Gasteiger partial charge in [0.1, 0.15) is 0 Å². The van der Waals surface area contributed by atoms with Crippen LogP contribution in [0.3, 0.4) is 0 Å². The molecular weight excluding hydrogens is 324 g/mol. The van der Waals surface area contributed by atoms with Gasteiger partial charge in [0.25, 0.3) is 5.91 Å². The second-order valence-corrected chi connectivity index (χ2v) is 6.25. The average Bonchev–Trinajstić information content (AvgIpc) is 2.64. The van der Waals surface area contributed by atoms with Gasteiger partial charge < -0.3 is 14.5 Å². The zero-order valence-electron chi connectivity index (χ0n) is 13.7. The molecule has 126 valence electrons. The first kappa shape index (κ1) is 16.8. The molecule has 0 N–H and O–H groups in total. The molecule has 0 bridgehead atoms. The minimum atomic E-state index is -0.534. The van der Waals surface area contributed by atoms with Crippen LogP contribution in [0.25, 0.3) is 0 Å². The van der Waals surface area contributed by atoms with E-state index in [1.165, 1.54) is 0 Å². The van der Waals surface area contributed by atoms with Crippen LogP contribution in [-0.4, -0.2) is 44.1 Å². The first-order valence-corrected chi connectivity index (χ1v) is 8.44. The van der Waals surface area contributed by atoms with E-state index in [0.717, 1.165) is 29.4 Å². The van der Waals surface area contributed by atoms with E-state index in [4.69, 9.17) is 16.3 Å². The van der Waals surface area contributed by atoms with E-state index in [1.54, 1.807) is 7.11 Å². The van der Waals surface area contributed by atoms with E-state index >= 15 is 0 Å². The molecule has 3 rings (SSSR count). The summed E-state index contributed by atoms with van der Waals surface area (Å²) in [6.07, 6.45) is -0.534. The first-order chi connectivity index (χ1) is 11.7. The summed E-state index contributed by atoms with van der Waals surface area (Å²) in [6, 6.07) is 17.5. The number of halogens is 1. The number of benzene rings is 2. The van der Waals surface area contributed by atoms with Gasteiger partial charge in [0.2, 0.25) is 0 Å². The second-order valence-electron chi connectivity index (χ2n) is 5.82. The van der Waals surface area contributed by atoms with Gasteiger partial charge in [-0.15, -0.1) is 0 Å². The molecule has 2 aromatic carbocycles. The van der Waals surface area contributed by atoms with Crippen LogP contribution in [0.15, 0.2) is 54.6 Å². The molecule has 1 fully saturated rings. The fourth-order valence-corrected chi connectivity index (χ4v) is 3.14. The third-order valence-electron chi connectivity index (χ3n) is 4.35. The summed E-state index contributed by atoms with van der Waals surface area (Å²) in [7, 11) is 1.58. The molecule has 1 saturated heterocycles. The molecule has 0 spiro atoms. The zero-order chi connectivity index (χ0) is 16.9. The number of methoxy groups -OCH3 is 1. The number of rotatable bonds is 4. The Morgan fingerprint density at radius 1 is 1.00 bits per heavy atom. The maximum Gasteiger partial charge on any atom is 0.256 e. The monoisotopic (exact) mass is 344 g/mol. The number of nitrogens with zero attached hydrogens (tertiary/aromatic N) is 2. The smallest absolute Gasteiger partial charge is 0.256 e. The van der Waals surface area contributed by atoms with E-state index in [0.29, 0.717) is 13.1 Å². The maximum atomic E-state index is 12.8. The SMILES string of the molecule is CO[C@H](C(=O)N1CCN(c2ccc(Cl)cc2)CC1)c1ccccc1. The number of anilines is 1. The van der Waals surface area contributed by atoms with Crippen molar-refractivity contribution in [2.75, 3.05) is 38.2 Å². The first-order valence-electron chi connectivity index (χ1n) is 8.06. The Bertz CT molecular complexity index is 668. The van der Waals surface area contributed by atoms with Crippen molar-refractivity contribution in [3.05, 3.63) is 65.2 Å². The number of ether oxygens (including phenoxy) is 1. The lowest BCUT2D eigenvalue weighted by Crippen LogP contribution is -2.50. The molecule has 0 unspecified atom stereocenters. The van der Waals surface area contributed by atoms with E-state index in [2.05, 4.69) is 4.90 Å². The van der Waals surface area contributed by atoms with Gasteiger partial charge in [-0.3, -0.25) is 4.79 Å². The third kappa shape index (κ3) is 3.71. The summed E-state index contributed by atoms with van der Waals surface area (Å²) in [5, 5.41) is 0.735. The Labute approximate surface area is 147 Å². The van der Waals surface area contributed by atoms with Crippen LogP contribution in [0.5, 0.6) is 0 Å². The van der Waals surface area contributed by atoms with Gasteiger partial charge in [0.15, 0.2) is 6.10 Å². The van der Waals surface area contributed by atoms with Crippen molar-refractivity contribution in [3.8, 4) is 0 Å². The van der Waals surface area contributed by atoms with Gasteiger partial charge in [-0.1, -0.05) is 41.9 Å². The highest BCUT2D eigenvalue weighted by molar-refractivity contribution is 6.30. The van der Waals surface area contributed by atoms with Crippen LogP contribution in [-0.2, 0) is 9.53 Å². The molecular formula is C19H21ClN2O2. The van der Waals surface area contributed by atoms with Crippen LogP contribution in [0.2, 0.25) is 5.02 Å². The van der Waals surface area contributed by atoms with Crippen molar-refractivity contribution in [3.63, 3.8) is 0 Å². The van der Waals surface area contributed by atoms with E-state index in [9.17, 15) is 4.79 Å². The van der Waals surface area contributed by atoms with Gasteiger partial charge in [-0.25, -0.2) is 0 Å². The molecule has 0 radical (unpaired) electrons. The fourth-order valence-electron chi connectivity index (χ4n) is 3.01. The minimum absolute atomic E-state index is 0.0273. The molecule has 1 aliphatic heterocycles. The Balaban J connectivity index is 1.63. The Kier molecular flexibility index (Phi) is 5.38. The molecule has 4 nitrogen and oxygen atoms in total. The zero-order valence-corrected chi connectivity index (χ0v) is 14.4. The number of hydrogen-bond donors (Lipinski definition) is 0. The van der Waals surface area contributed by atoms with E-state index in [1.807, 2.05) is 59.5 Å². The molecule has 24 heavy (non-hydrogen) atoms. The number of carbonyl (C=O) groups excluding carboxylic acids is 1. The van der Waals surface area contributed by atoms with Crippen molar-refractivity contribution in [1.82, 2.24) is 4.90 Å². The highest BCUT2D eigenvalue weighted by Crippen LogP contribution is 2.23. The van der Waals surface area contributed by atoms with Crippen LogP contribution >= 0.6 is 11.6 Å². The van der Waals surface area contributed by atoms with Gasteiger partial charge in [-0.2, -0.15) is 0 Å². The summed E-state index contributed by atoms with van der Waals surface area (Å²) >= 11 is 5.94. The summed E-state index contributed by atoms with van der Waals surface area (Å²) in [4.78, 5) is 16.9. The van der Waals surface area contributed by atoms with Crippen molar-refractivity contribution in [2.24, 2.45) is 0 Å². The summed E-state index contributed by atoms with van der Waals surface area (Å²) in [5.41, 5.74) is 2.03. The van der Waals surface area contributed by atoms with Crippen LogP contribution < -0.4 is 4.90 Å². The van der Waals surface area contributed by atoms with Gasteiger partial charge in [0.05, 0.1) is 0 Å². The van der Waals surface area contributed by atoms with Crippen molar-refractivity contribution >= 4 is 23.2 Å². The van der Waals surface area contributed by atoms with Gasteiger partial charge >= 0.3 is 0 Å². The normalized spacial score (nSPS) is 16.1. The predicted molar refractivity (Wildman–Crippen MR) is 96.4 cm³/mol. The molecule has 1 amide bonds. The summed E-state index contributed by atoms with van der Waals surface area (Å²) < 4.78 is 5.46. The van der Waals surface area contributed by atoms with Gasteiger partial charge in [0, 0.05) is 44.0 Å². The molecule has 5 heteroatoms. The maximum absolute atomic E-state index is 12.8. The molecule has 1 heterocycles. The standard InChI is InChI=1S/C19H21ClN2O2/c1-24-18(15-5-3-2-4-6-15)19(23)22-13-11-21(12-14-22)17-9-7-16(20)8-10-17/h2-10,18H,11-14H2,1H3/t18-/m0/s1. The number of amides is 1. The highest BCUT2D eigenvalue weighted by Gasteiger charge is 2.28. The molecule has 1 aliphatic rings. The molecule has 2 aromatic rings. The highest BCUT2D eigenvalue weighted by atomic mass is 35.5. The molecule has 0 aromatic heterocycles. The van der Waals surface area contributed by atoms with Crippen molar-refractivity contribution < 1.29 is 9.53 Å². The average molecular weight is 345 g/mol. The van der Waals surface area contributed by atoms with Crippen molar-refractivity contribution in [2.45, 2.75) is 6.10 Å². The Hall–Kier alpha value is -2.04. The van der Waals surface area contributed by atoms with Crippen LogP contribution in [0.1, 0.15) is 11.7 Å². The van der Waals surface area contributed by atoms with E-state index in [-0.39, 0.29) is 5.91 Å². The lowest BCUT2D eigenvalue weighted by molar-refractivity contribution is -0.142. The number of hydrogen-bond acceptors (Lipinski definition) is 3.